The molecule has 1 aromatic carbocycles. The molecule has 0 aliphatic rings. The number of hydrogen-bond acceptors (Lipinski definition) is 3. The van der Waals surface area contributed by atoms with Gasteiger partial charge in [-0.2, -0.15) is 0 Å². The van der Waals surface area contributed by atoms with Gasteiger partial charge in [-0.3, -0.25) is 9.69 Å². The molecule has 0 spiro atoms. The molecule has 0 saturated carbocycles. The summed E-state index contributed by atoms with van der Waals surface area (Å²) in [7, 11) is 1.64. The van der Waals surface area contributed by atoms with Crippen LogP contribution in [0, 0.1) is 0 Å². The maximum atomic E-state index is 10.7. The van der Waals surface area contributed by atoms with Crippen LogP contribution in [0.1, 0.15) is 25.8 Å². The van der Waals surface area contributed by atoms with Gasteiger partial charge in [0.25, 0.3) is 0 Å². The van der Waals surface area contributed by atoms with Crippen molar-refractivity contribution in [1.29, 1.82) is 0 Å². The van der Waals surface area contributed by atoms with Gasteiger partial charge in [0.2, 0.25) is 0 Å². The summed E-state index contributed by atoms with van der Waals surface area (Å²) in [4.78, 5) is 12.8. The molecule has 19 heavy (non-hydrogen) atoms. The second-order valence-electron chi connectivity index (χ2n) is 4.67. The van der Waals surface area contributed by atoms with E-state index in [2.05, 4.69) is 34.7 Å². The normalized spacial score (nSPS) is 11.1. The van der Waals surface area contributed by atoms with Crippen LogP contribution in [0.4, 0.5) is 0 Å². The molecule has 0 atom stereocenters. The molecule has 0 heterocycles. The highest BCUT2D eigenvalue weighted by atomic mass is 79.9. The lowest BCUT2D eigenvalue weighted by atomic mass is 10.1. The quantitative estimate of drug-likeness (QED) is 0.834. The smallest absolute Gasteiger partial charge is 0.304 e. The Balaban J connectivity index is 2.80. The Hall–Kier alpha value is -1.07. The number of carbonyl (C=O) groups is 1. The summed E-state index contributed by atoms with van der Waals surface area (Å²) >= 11 is 3.52. The average Bonchev–Trinajstić information content (AvgIpc) is 2.35. The van der Waals surface area contributed by atoms with E-state index < -0.39 is 5.97 Å². The summed E-state index contributed by atoms with van der Waals surface area (Å²) in [5, 5.41) is 8.79. The summed E-state index contributed by atoms with van der Waals surface area (Å²) in [5.74, 6) is 0.0375. The van der Waals surface area contributed by atoms with Gasteiger partial charge < -0.3 is 9.84 Å². The molecule has 0 aliphatic carbocycles. The van der Waals surface area contributed by atoms with Crippen LogP contribution in [0.5, 0.6) is 5.75 Å². The predicted molar refractivity (Wildman–Crippen MR) is 78.5 cm³/mol. The lowest BCUT2D eigenvalue weighted by Crippen LogP contribution is -2.32. The van der Waals surface area contributed by atoms with E-state index in [4.69, 9.17) is 9.84 Å². The Morgan fingerprint density at radius 3 is 2.68 bits per heavy atom. The van der Waals surface area contributed by atoms with E-state index in [1.807, 2.05) is 18.2 Å². The summed E-state index contributed by atoms with van der Waals surface area (Å²) in [6, 6.07) is 6.10. The Morgan fingerprint density at radius 1 is 1.47 bits per heavy atom. The van der Waals surface area contributed by atoms with Gasteiger partial charge in [-0.05, 0) is 37.6 Å². The van der Waals surface area contributed by atoms with Crippen molar-refractivity contribution in [3.63, 3.8) is 0 Å². The Morgan fingerprint density at radius 2 is 2.16 bits per heavy atom. The monoisotopic (exact) mass is 329 g/mol. The Bertz CT molecular complexity index is 435. The minimum atomic E-state index is -0.768. The van der Waals surface area contributed by atoms with Crippen molar-refractivity contribution in [3.8, 4) is 5.75 Å². The minimum absolute atomic E-state index is 0.153. The maximum Gasteiger partial charge on any atom is 0.304 e. The first kappa shape index (κ1) is 16.0. The second-order valence-corrected chi connectivity index (χ2v) is 5.52. The lowest BCUT2D eigenvalue weighted by molar-refractivity contribution is -0.137. The van der Waals surface area contributed by atoms with E-state index in [1.165, 1.54) is 0 Å². The SMILES string of the molecule is COc1ccc(Br)c(CN(CCC(=O)O)C(C)C)c1. The second kappa shape index (κ2) is 7.50. The molecule has 0 bridgehead atoms. The van der Waals surface area contributed by atoms with E-state index in [0.717, 1.165) is 15.8 Å². The zero-order valence-electron chi connectivity index (χ0n) is 11.5. The molecule has 1 aromatic rings. The molecular weight excluding hydrogens is 310 g/mol. The fourth-order valence-electron chi connectivity index (χ4n) is 1.78. The van der Waals surface area contributed by atoms with Gasteiger partial charge >= 0.3 is 5.97 Å². The molecule has 0 radical (unpaired) electrons. The Labute approximate surface area is 122 Å². The fraction of sp³-hybridized carbons (Fsp3) is 0.500. The highest BCUT2D eigenvalue weighted by Crippen LogP contribution is 2.24. The van der Waals surface area contributed by atoms with Crippen LogP contribution in [0.3, 0.4) is 0 Å². The number of nitrogens with zero attached hydrogens (tertiary/aromatic N) is 1. The third kappa shape index (κ3) is 5.20. The third-order valence-corrected chi connectivity index (χ3v) is 3.74. The van der Waals surface area contributed by atoms with Gasteiger partial charge in [-0.15, -0.1) is 0 Å². The summed E-state index contributed by atoms with van der Waals surface area (Å²) < 4.78 is 6.23. The van der Waals surface area contributed by atoms with Gasteiger partial charge in [-0.1, -0.05) is 15.9 Å². The first-order chi connectivity index (χ1) is 8.93. The first-order valence-corrected chi connectivity index (χ1v) is 7.01. The van der Waals surface area contributed by atoms with E-state index in [9.17, 15) is 4.79 Å². The van der Waals surface area contributed by atoms with Gasteiger partial charge in [-0.25, -0.2) is 0 Å². The number of methoxy groups -OCH3 is 1. The van der Waals surface area contributed by atoms with Crippen LogP contribution in [-0.4, -0.2) is 35.7 Å². The number of benzene rings is 1. The van der Waals surface area contributed by atoms with Crippen LogP contribution in [-0.2, 0) is 11.3 Å². The van der Waals surface area contributed by atoms with Gasteiger partial charge in [0.1, 0.15) is 5.75 Å². The summed E-state index contributed by atoms with van der Waals surface area (Å²) in [6.07, 6.45) is 0.153. The molecule has 0 aromatic heterocycles. The molecular formula is C14H20BrNO3. The molecule has 0 saturated heterocycles. The standard InChI is InChI=1S/C14H20BrNO3/c1-10(2)16(7-6-14(17)18)9-11-8-12(19-3)4-5-13(11)15/h4-5,8,10H,6-7,9H2,1-3H3,(H,17,18). The third-order valence-electron chi connectivity index (χ3n) is 2.97. The zero-order valence-corrected chi connectivity index (χ0v) is 13.1. The van der Waals surface area contributed by atoms with Gasteiger partial charge in [0.05, 0.1) is 13.5 Å². The van der Waals surface area contributed by atoms with Crippen molar-refractivity contribution in [3.05, 3.63) is 28.2 Å². The number of rotatable bonds is 7. The highest BCUT2D eigenvalue weighted by Gasteiger charge is 2.14. The molecule has 0 amide bonds. The molecule has 4 nitrogen and oxygen atoms in total. The topological polar surface area (TPSA) is 49.8 Å². The largest absolute Gasteiger partial charge is 0.497 e. The van der Waals surface area contributed by atoms with Crippen molar-refractivity contribution in [1.82, 2.24) is 4.90 Å². The average molecular weight is 330 g/mol. The van der Waals surface area contributed by atoms with Crippen LogP contribution >= 0.6 is 15.9 Å². The lowest BCUT2D eigenvalue weighted by Gasteiger charge is -2.26. The molecule has 106 valence electrons. The summed E-state index contributed by atoms with van der Waals surface area (Å²) in [6.45, 7) is 5.37. The maximum absolute atomic E-state index is 10.7. The number of carboxylic acids is 1. The number of halogens is 1. The van der Waals surface area contributed by atoms with E-state index in [0.29, 0.717) is 13.1 Å². The van der Waals surface area contributed by atoms with Crippen LogP contribution in [0.25, 0.3) is 0 Å². The Kier molecular flexibility index (Phi) is 6.31. The number of ether oxygens (including phenoxy) is 1. The fourth-order valence-corrected chi connectivity index (χ4v) is 2.15. The van der Waals surface area contributed by atoms with Crippen LogP contribution in [0.2, 0.25) is 0 Å². The van der Waals surface area contributed by atoms with Gasteiger partial charge in [0, 0.05) is 23.6 Å². The minimum Gasteiger partial charge on any atom is -0.497 e. The number of carboxylic acid groups (broad SMARTS) is 1. The van der Waals surface area contributed by atoms with Crippen LogP contribution in [0.15, 0.2) is 22.7 Å². The predicted octanol–water partition coefficient (Wildman–Crippen LogP) is 3.14. The molecule has 1 N–H and O–H groups in total. The molecule has 5 heteroatoms. The highest BCUT2D eigenvalue weighted by molar-refractivity contribution is 9.10. The number of aliphatic carboxylic acids is 1. The molecule has 0 fully saturated rings. The van der Waals surface area contributed by atoms with E-state index in [-0.39, 0.29) is 12.5 Å². The van der Waals surface area contributed by atoms with E-state index >= 15 is 0 Å². The number of hydrogen-bond donors (Lipinski definition) is 1. The molecule has 0 aliphatic heterocycles. The van der Waals surface area contributed by atoms with Crippen molar-refractivity contribution in [2.45, 2.75) is 32.9 Å². The molecule has 0 unspecified atom stereocenters. The van der Waals surface area contributed by atoms with Crippen molar-refractivity contribution < 1.29 is 14.6 Å². The first-order valence-electron chi connectivity index (χ1n) is 6.22. The van der Waals surface area contributed by atoms with Crippen molar-refractivity contribution >= 4 is 21.9 Å². The van der Waals surface area contributed by atoms with Gasteiger partial charge in [0.15, 0.2) is 0 Å². The van der Waals surface area contributed by atoms with Crippen molar-refractivity contribution in [2.24, 2.45) is 0 Å². The zero-order chi connectivity index (χ0) is 14.4. The molecule has 1 rings (SSSR count). The van der Waals surface area contributed by atoms with E-state index in [1.54, 1.807) is 7.11 Å². The van der Waals surface area contributed by atoms with Crippen LogP contribution < -0.4 is 4.74 Å². The van der Waals surface area contributed by atoms with Crippen molar-refractivity contribution in [2.75, 3.05) is 13.7 Å². The summed E-state index contributed by atoms with van der Waals surface area (Å²) in [5.41, 5.74) is 1.10.